The summed E-state index contributed by atoms with van der Waals surface area (Å²) in [7, 11) is 5.15. The van der Waals surface area contributed by atoms with E-state index in [4.69, 9.17) is 4.74 Å². The molecule has 21 heavy (non-hydrogen) atoms. The van der Waals surface area contributed by atoms with E-state index < -0.39 is 6.04 Å². The van der Waals surface area contributed by atoms with Gasteiger partial charge in [0.15, 0.2) is 0 Å². The largest absolute Gasteiger partial charge is 0.496 e. The minimum Gasteiger partial charge on any atom is -0.496 e. The molecule has 1 amide bonds. The predicted octanol–water partition coefficient (Wildman–Crippen LogP) is 2.09. The van der Waals surface area contributed by atoms with Gasteiger partial charge >= 0.3 is 0 Å². The van der Waals surface area contributed by atoms with E-state index in [-0.39, 0.29) is 5.91 Å². The topological polar surface area (TPSA) is 68.2 Å². The average Bonchev–Trinajstić information content (AvgIpc) is 2.86. The molecule has 1 heterocycles. The molecule has 0 radical (unpaired) electrons. The number of ether oxygens (including phenoxy) is 1. The number of rotatable bonds is 5. The van der Waals surface area contributed by atoms with Crippen molar-refractivity contribution in [3.8, 4) is 5.75 Å². The number of anilines is 1. The third kappa shape index (κ3) is 3.62. The molecule has 0 saturated heterocycles. The van der Waals surface area contributed by atoms with Crippen LogP contribution in [-0.4, -0.2) is 29.8 Å². The molecule has 1 unspecified atom stereocenters. The van der Waals surface area contributed by atoms with Crippen molar-refractivity contribution in [2.45, 2.75) is 6.04 Å². The SMILES string of the molecule is CNC(C(=O)Nc1ccc(OC)c(Br)c1)c1cnn(C)c1. The molecular weight excluding hydrogens is 336 g/mol. The molecule has 0 bridgehead atoms. The summed E-state index contributed by atoms with van der Waals surface area (Å²) in [6, 6.07) is 4.92. The second kappa shape index (κ2) is 6.73. The van der Waals surface area contributed by atoms with Gasteiger partial charge in [-0.25, -0.2) is 0 Å². The molecule has 6 nitrogen and oxygen atoms in total. The summed E-state index contributed by atoms with van der Waals surface area (Å²) >= 11 is 3.39. The van der Waals surface area contributed by atoms with Gasteiger partial charge in [0.25, 0.3) is 0 Å². The molecule has 1 atom stereocenters. The molecule has 0 fully saturated rings. The Balaban J connectivity index is 2.14. The van der Waals surface area contributed by atoms with Crippen molar-refractivity contribution in [2.24, 2.45) is 7.05 Å². The van der Waals surface area contributed by atoms with Gasteiger partial charge in [-0.05, 0) is 41.2 Å². The van der Waals surface area contributed by atoms with E-state index in [1.54, 1.807) is 43.2 Å². The molecule has 2 aromatic rings. The maximum absolute atomic E-state index is 12.4. The Kier molecular flexibility index (Phi) is 4.98. The lowest BCUT2D eigenvalue weighted by molar-refractivity contribution is -0.118. The third-order valence-electron chi connectivity index (χ3n) is 3.03. The number of carbonyl (C=O) groups is 1. The summed E-state index contributed by atoms with van der Waals surface area (Å²) in [5, 5.41) is 9.94. The summed E-state index contributed by atoms with van der Waals surface area (Å²) in [6.45, 7) is 0. The summed E-state index contributed by atoms with van der Waals surface area (Å²) in [5.41, 5.74) is 1.50. The van der Waals surface area contributed by atoms with E-state index in [0.29, 0.717) is 11.4 Å². The lowest BCUT2D eigenvalue weighted by atomic mass is 10.1. The number of carbonyl (C=O) groups excluding carboxylic acids is 1. The van der Waals surface area contributed by atoms with E-state index in [2.05, 4.69) is 31.7 Å². The number of aryl methyl sites for hydroxylation is 1. The molecule has 7 heteroatoms. The normalized spacial score (nSPS) is 12.0. The van der Waals surface area contributed by atoms with Crippen molar-refractivity contribution in [3.05, 3.63) is 40.6 Å². The Hall–Kier alpha value is -1.86. The van der Waals surface area contributed by atoms with E-state index in [0.717, 1.165) is 10.0 Å². The number of benzene rings is 1. The summed E-state index contributed by atoms with van der Waals surface area (Å²) < 4.78 is 7.61. The van der Waals surface area contributed by atoms with Gasteiger partial charge in [0.1, 0.15) is 11.8 Å². The molecule has 0 aliphatic rings. The van der Waals surface area contributed by atoms with Crippen LogP contribution in [0.2, 0.25) is 0 Å². The van der Waals surface area contributed by atoms with Crippen LogP contribution in [0.5, 0.6) is 5.75 Å². The van der Waals surface area contributed by atoms with Crippen LogP contribution in [-0.2, 0) is 11.8 Å². The first-order chi connectivity index (χ1) is 10.0. The summed E-state index contributed by atoms with van der Waals surface area (Å²) in [4.78, 5) is 12.4. The highest BCUT2D eigenvalue weighted by molar-refractivity contribution is 9.10. The standard InChI is InChI=1S/C14H17BrN4O2/c1-16-13(9-7-17-19(2)8-9)14(20)18-10-4-5-12(21-3)11(15)6-10/h4-8,13,16H,1-3H3,(H,18,20). The molecule has 0 aliphatic carbocycles. The Morgan fingerprint density at radius 2 is 2.24 bits per heavy atom. The van der Waals surface area contributed by atoms with Crippen molar-refractivity contribution in [3.63, 3.8) is 0 Å². The Morgan fingerprint density at radius 3 is 2.76 bits per heavy atom. The van der Waals surface area contributed by atoms with Gasteiger partial charge in [-0.15, -0.1) is 0 Å². The minimum absolute atomic E-state index is 0.150. The van der Waals surface area contributed by atoms with Crippen molar-refractivity contribution < 1.29 is 9.53 Å². The van der Waals surface area contributed by atoms with Crippen molar-refractivity contribution in [2.75, 3.05) is 19.5 Å². The number of halogens is 1. The average molecular weight is 353 g/mol. The van der Waals surface area contributed by atoms with Gasteiger partial charge in [-0.1, -0.05) is 0 Å². The highest BCUT2D eigenvalue weighted by Gasteiger charge is 2.20. The van der Waals surface area contributed by atoms with Crippen LogP contribution in [0.3, 0.4) is 0 Å². The highest BCUT2D eigenvalue weighted by atomic mass is 79.9. The van der Waals surface area contributed by atoms with Gasteiger partial charge in [0, 0.05) is 24.5 Å². The smallest absolute Gasteiger partial charge is 0.246 e. The van der Waals surface area contributed by atoms with E-state index in [1.807, 2.05) is 13.2 Å². The number of nitrogens with one attached hydrogen (secondary N) is 2. The Morgan fingerprint density at radius 1 is 1.48 bits per heavy atom. The number of amides is 1. The van der Waals surface area contributed by atoms with Crippen molar-refractivity contribution >= 4 is 27.5 Å². The molecule has 0 saturated carbocycles. The fourth-order valence-corrected chi connectivity index (χ4v) is 2.54. The van der Waals surface area contributed by atoms with E-state index in [1.165, 1.54) is 0 Å². The number of aromatic nitrogens is 2. The maximum atomic E-state index is 12.4. The third-order valence-corrected chi connectivity index (χ3v) is 3.65. The quantitative estimate of drug-likeness (QED) is 0.864. The van der Waals surface area contributed by atoms with Crippen molar-refractivity contribution in [1.82, 2.24) is 15.1 Å². The second-order valence-electron chi connectivity index (χ2n) is 4.51. The zero-order valence-electron chi connectivity index (χ0n) is 12.1. The minimum atomic E-state index is -0.459. The number of hydrogen-bond donors (Lipinski definition) is 2. The zero-order chi connectivity index (χ0) is 15.4. The second-order valence-corrected chi connectivity index (χ2v) is 5.36. The van der Waals surface area contributed by atoms with Gasteiger partial charge in [0.2, 0.25) is 5.91 Å². The summed E-state index contributed by atoms with van der Waals surface area (Å²) in [5.74, 6) is 0.563. The van der Waals surface area contributed by atoms with Crippen LogP contribution in [0.1, 0.15) is 11.6 Å². The molecule has 2 N–H and O–H groups in total. The fraction of sp³-hybridized carbons (Fsp3) is 0.286. The van der Waals surface area contributed by atoms with E-state index >= 15 is 0 Å². The first-order valence-electron chi connectivity index (χ1n) is 6.35. The molecular formula is C14H17BrN4O2. The van der Waals surface area contributed by atoms with Crippen LogP contribution in [0, 0.1) is 0 Å². The number of methoxy groups -OCH3 is 1. The van der Waals surface area contributed by atoms with Crippen LogP contribution >= 0.6 is 15.9 Å². The number of hydrogen-bond acceptors (Lipinski definition) is 4. The first kappa shape index (κ1) is 15.5. The van der Waals surface area contributed by atoms with E-state index in [9.17, 15) is 4.79 Å². The Labute approximate surface area is 131 Å². The predicted molar refractivity (Wildman–Crippen MR) is 84.3 cm³/mol. The highest BCUT2D eigenvalue weighted by Crippen LogP contribution is 2.28. The molecule has 0 spiro atoms. The van der Waals surface area contributed by atoms with Crippen LogP contribution in [0.4, 0.5) is 5.69 Å². The fourth-order valence-electron chi connectivity index (χ4n) is 2.00. The zero-order valence-corrected chi connectivity index (χ0v) is 13.6. The van der Waals surface area contributed by atoms with Crippen LogP contribution < -0.4 is 15.4 Å². The van der Waals surface area contributed by atoms with Crippen molar-refractivity contribution in [1.29, 1.82) is 0 Å². The number of nitrogens with zero attached hydrogens (tertiary/aromatic N) is 2. The molecule has 1 aromatic heterocycles. The number of likely N-dealkylation sites (N-methyl/N-ethyl adjacent to an activating group) is 1. The summed E-state index contributed by atoms with van der Waals surface area (Å²) in [6.07, 6.45) is 3.48. The lowest BCUT2D eigenvalue weighted by Gasteiger charge is -2.15. The van der Waals surface area contributed by atoms with Gasteiger partial charge in [-0.2, -0.15) is 5.10 Å². The molecule has 0 aliphatic heterocycles. The molecule has 112 valence electrons. The maximum Gasteiger partial charge on any atom is 0.246 e. The molecule has 2 rings (SSSR count). The lowest BCUT2D eigenvalue weighted by Crippen LogP contribution is -2.30. The van der Waals surface area contributed by atoms with Gasteiger partial charge < -0.3 is 15.4 Å². The molecule has 1 aromatic carbocycles. The monoisotopic (exact) mass is 352 g/mol. The van der Waals surface area contributed by atoms with Crippen LogP contribution in [0.15, 0.2) is 35.1 Å². The first-order valence-corrected chi connectivity index (χ1v) is 7.14. The van der Waals surface area contributed by atoms with Gasteiger partial charge in [0.05, 0.1) is 17.8 Å². The van der Waals surface area contributed by atoms with Gasteiger partial charge in [-0.3, -0.25) is 9.48 Å². The Bertz CT molecular complexity index is 642. The van der Waals surface area contributed by atoms with Crippen LogP contribution in [0.25, 0.3) is 0 Å².